The van der Waals surface area contributed by atoms with Crippen molar-refractivity contribution in [2.45, 2.75) is 36.5 Å². The minimum absolute atomic E-state index is 0.173. The summed E-state index contributed by atoms with van der Waals surface area (Å²) >= 11 is 0. The number of carbonyl (C=O) groups is 1. The first-order chi connectivity index (χ1) is 12.9. The number of carbonyl (C=O) groups excluding carboxylic acids is 1. The molecule has 2 atom stereocenters. The van der Waals surface area contributed by atoms with Crippen molar-refractivity contribution in [2.24, 2.45) is 0 Å². The summed E-state index contributed by atoms with van der Waals surface area (Å²) in [6, 6.07) is 11.2. The summed E-state index contributed by atoms with van der Waals surface area (Å²) in [7, 11) is 1.86. The van der Waals surface area contributed by atoms with E-state index in [9.17, 15) is 13.4 Å². The number of amides is 1. The van der Waals surface area contributed by atoms with Crippen LogP contribution in [0.2, 0.25) is 0 Å². The van der Waals surface area contributed by atoms with E-state index in [1.54, 1.807) is 31.4 Å². The second kappa shape index (κ2) is 10.1. The van der Waals surface area contributed by atoms with Gasteiger partial charge in [0.2, 0.25) is 5.91 Å². The van der Waals surface area contributed by atoms with E-state index in [0.717, 1.165) is 0 Å². The molecule has 0 aliphatic rings. The third-order valence-electron chi connectivity index (χ3n) is 4.15. The van der Waals surface area contributed by atoms with Crippen LogP contribution in [0.4, 0.5) is 4.39 Å². The fourth-order valence-electron chi connectivity index (χ4n) is 2.55. The van der Waals surface area contributed by atoms with Gasteiger partial charge in [0.25, 0.3) is 0 Å². The highest BCUT2D eigenvalue weighted by Gasteiger charge is 2.15. The molecule has 2 unspecified atom stereocenters. The van der Waals surface area contributed by atoms with E-state index in [1.807, 2.05) is 6.92 Å². The molecule has 0 saturated carbocycles. The Morgan fingerprint density at radius 3 is 2.48 bits per heavy atom. The van der Waals surface area contributed by atoms with E-state index in [-0.39, 0.29) is 29.9 Å². The summed E-state index contributed by atoms with van der Waals surface area (Å²) in [6.07, 6.45) is 0.714. The maximum atomic E-state index is 13.3. The first kappa shape index (κ1) is 20.9. The molecule has 2 aromatic carbocycles. The molecule has 1 N–H and O–H groups in total. The van der Waals surface area contributed by atoms with Crippen molar-refractivity contribution in [3.05, 3.63) is 53.8 Å². The Hall–Kier alpha value is -2.41. The number of benzene rings is 2. The Balaban J connectivity index is 1.84. The lowest BCUT2D eigenvalue weighted by molar-refractivity contribution is -0.121. The minimum Gasteiger partial charge on any atom is -0.497 e. The second-order valence-electron chi connectivity index (χ2n) is 6.06. The highest BCUT2D eigenvalue weighted by Crippen LogP contribution is 2.20. The summed E-state index contributed by atoms with van der Waals surface area (Å²) in [5.41, 5.74) is 0.570. The van der Waals surface area contributed by atoms with Gasteiger partial charge in [-0.25, -0.2) is 4.39 Å². The largest absolute Gasteiger partial charge is 0.497 e. The number of hydrogen-bond acceptors (Lipinski definition) is 4. The molecule has 2 rings (SSSR count). The number of nitrogens with one attached hydrogen (secondary N) is 1. The average molecular weight is 393 g/mol. The second-order valence-corrected chi connectivity index (χ2v) is 7.93. The lowest BCUT2D eigenvalue weighted by atomic mass is 10.2. The zero-order valence-electron chi connectivity index (χ0n) is 15.7. The van der Waals surface area contributed by atoms with Crippen LogP contribution in [0.25, 0.3) is 0 Å². The number of hydrogen-bond donors (Lipinski definition) is 1. The van der Waals surface area contributed by atoms with Gasteiger partial charge in [-0.05, 0) is 48.9 Å². The lowest BCUT2D eigenvalue weighted by Crippen LogP contribution is -2.24. The van der Waals surface area contributed by atoms with Gasteiger partial charge in [0, 0.05) is 28.7 Å². The molecular weight excluding hydrogens is 369 g/mol. The van der Waals surface area contributed by atoms with Gasteiger partial charge in [0.15, 0.2) is 0 Å². The molecule has 0 aliphatic carbocycles. The summed E-state index contributed by atoms with van der Waals surface area (Å²) in [6.45, 7) is 2.03. The molecule has 0 spiro atoms. The summed E-state index contributed by atoms with van der Waals surface area (Å²) in [5.74, 6) is 0.657. The molecule has 0 heterocycles. The maximum Gasteiger partial charge on any atom is 0.220 e. The van der Waals surface area contributed by atoms with E-state index < -0.39 is 10.8 Å². The molecule has 0 aromatic heterocycles. The van der Waals surface area contributed by atoms with Crippen molar-refractivity contribution in [3.8, 4) is 11.5 Å². The topological polar surface area (TPSA) is 64.6 Å². The molecule has 27 heavy (non-hydrogen) atoms. The molecule has 2 aromatic rings. The molecule has 0 bridgehead atoms. The fraction of sp³-hybridized carbons (Fsp3) is 0.350. The summed E-state index contributed by atoms with van der Waals surface area (Å²) in [5, 5.41) is 2.58. The van der Waals surface area contributed by atoms with Crippen LogP contribution < -0.4 is 14.8 Å². The predicted molar refractivity (Wildman–Crippen MR) is 103 cm³/mol. The van der Waals surface area contributed by atoms with Gasteiger partial charge in [-0.15, -0.1) is 0 Å². The third kappa shape index (κ3) is 6.06. The van der Waals surface area contributed by atoms with Crippen LogP contribution in [-0.4, -0.2) is 29.6 Å². The van der Waals surface area contributed by atoms with Gasteiger partial charge >= 0.3 is 0 Å². The van der Waals surface area contributed by atoms with Gasteiger partial charge < -0.3 is 14.8 Å². The molecular formula is C20H24FNO4S. The standard InChI is InChI=1S/C20H24FNO4S/c1-14(27(24)18-8-6-17(25-2)7-9-18)4-11-20(23)22-13-15-12-16(21)5-10-19(15)26-3/h5-10,12,14H,4,11,13H2,1-3H3,(H,22,23). The van der Waals surface area contributed by atoms with Crippen LogP contribution >= 0.6 is 0 Å². The van der Waals surface area contributed by atoms with Crippen LogP contribution in [-0.2, 0) is 22.1 Å². The first-order valence-corrected chi connectivity index (χ1v) is 9.79. The van der Waals surface area contributed by atoms with E-state index in [2.05, 4.69) is 5.32 Å². The van der Waals surface area contributed by atoms with Gasteiger partial charge in [0.05, 0.1) is 25.0 Å². The third-order valence-corrected chi connectivity index (χ3v) is 5.86. The highest BCUT2D eigenvalue weighted by molar-refractivity contribution is 7.85. The van der Waals surface area contributed by atoms with Crippen molar-refractivity contribution in [3.63, 3.8) is 0 Å². The van der Waals surface area contributed by atoms with Crippen LogP contribution in [0.1, 0.15) is 25.3 Å². The van der Waals surface area contributed by atoms with Crippen molar-refractivity contribution in [1.29, 1.82) is 0 Å². The van der Waals surface area contributed by atoms with Gasteiger partial charge in [-0.3, -0.25) is 9.00 Å². The van der Waals surface area contributed by atoms with Crippen LogP contribution in [0.3, 0.4) is 0 Å². The molecule has 0 saturated heterocycles. The van der Waals surface area contributed by atoms with E-state index in [4.69, 9.17) is 9.47 Å². The van der Waals surface area contributed by atoms with Gasteiger partial charge in [-0.2, -0.15) is 0 Å². The number of rotatable bonds is 9. The SMILES string of the molecule is COc1ccc(S(=O)C(C)CCC(=O)NCc2cc(F)ccc2OC)cc1. The first-order valence-electron chi connectivity index (χ1n) is 8.58. The molecule has 7 heteroatoms. The average Bonchev–Trinajstić information content (AvgIpc) is 2.70. The Morgan fingerprint density at radius 2 is 1.85 bits per heavy atom. The van der Waals surface area contributed by atoms with E-state index >= 15 is 0 Å². The molecule has 0 aliphatic heterocycles. The van der Waals surface area contributed by atoms with Gasteiger partial charge in [-0.1, -0.05) is 6.92 Å². The Morgan fingerprint density at radius 1 is 1.15 bits per heavy atom. The van der Waals surface area contributed by atoms with Crippen LogP contribution in [0, 0.1) is 5.82 Å². The summed E-state index contributed by atoms with van der Waals surface area (Å²) < 4.78 is 36.1. The minimum atomic E-state index is -1.21. The van der Waals surface area contributed by atoms with Crippen molar-refractivity contribution >= 4 is 16.7 Å². The zero-order chi connectivity index (χ0) is 19.8. The predicted octanol–water partition coefficient (Wildman–Crippen LogP) is 3.44. The van der Waals surface area contributed by atoms with E-state index in [0.29, 0.717) is 28.4 Å². The zero-order valence-corrected chi connectivity index (χ0v) is 16.5. The number of methoxy groups -OCH3 is 2. The van der Waals surface area contributed by atoms with Crippen molar-refractivity contribution < 1.29 is 22.9 Å². The lowest BCUT2D eigenvalue weighted by Gasteiger charge is -2.13. The number of ether oxygens (including phenoxy) is 2. The Labute approximate surface area is 161 Å². The van der Waals surface area contributed by atoms with E-state index in [1.165, 1.54) is 25.3 Å². The van der Waals surface area contributed by atoms with Gasteiger partial charge in [0.1, 0.15) is 17.3 Å². The smallest absolute Gasteiger partial charge is 0.220 e. The van der Waals surface area contributed by atoms with Crippen LogP contribution in [0.5, 0.6) is 11.5 Å². The molecule has 0 fully saturated rings. The molecule has 1 amide bonds. The van der Waals surface area contributed by atoms with Crippen molar-refractivity contribution in [1.82, 2.24) is 5.32 Å². The highest BCUT2D eigenvalue weighted by atomic mass is 32.2. The molecule has 146 valence electrons. The van der Waals surface area contributed by atoms with Crippen LogP contribution in [0.15, 0.2) is 47.4 Å². The summed E-state index contributed by atoms with van der Waals surface area (Å²) in [4.78, 5) is 12.8. The monoisotopic (exact) mass is 393 g/mol. The molecule has 5 nitrogen and oxygen atoms in total. The maximum absolute atomic E-state index is 13.3. The Bertz CT molecular complexity index is 795. The fourth-order valence-corrected chi connectivity index (χ4v) is 3.75. The Kier molecular flexibility index (Phi) is 7.79. The molecule has 0 radical (unpaired) electrons. The number of halogens is 1. The quantitative estimate of drug-likeness (QED) is 0.709. The normalized spacial score (nSPS) is 12.9. The van der Waals surface area contributed by atoms with Crippen molar-refractivity contribution in [2.75, 3.05) is 14.2 Å².